The van der Waals surface area contributed by atoms with Crippen molar-refractivity contribution in [2.45, 2.75) is 19.1 Å². The zero-order chi connectivity index (χ0) is 19.0. The van der Waals surface area contributed by atoms with E-state index in [-0.39, 0.29) is 18.7 Å². The fourth-order valence-corrected chi connectivity index (χ4v) is 3.70. The van der Waals surface area contributed by atoms with Gasteiger partial charge in [0.25, 0.3) is 0 Å². The summed E-state index contributed by atoms with van der Waals surface area (Å²) in [5.74, 6) is -2.19. The summed E-state index contributed by atoms with van der Waals surface area (Å²) in [7, 11) is -3.79. The van der Waals surface area contributed by atoms with Crippen molar-refractivity contribution in [2.75, 3.05) is 13.2 Å². The Labute approximate surface area is 153 Å². The Bertz CT molecular complexity index is 824. The van der Waals surface area contributed by atoms with Gasteiger partial charge in [0.1, 0.15) is 5.82 Å². The number of carbonyl (C=O) groups excluding carboxylic acids is 1. The van der Waals surface area contributed by atoms with E-state index in [0.29, 0.717) is 6.42 Å². The van der Waals surface area contributed by atoms with Crippen molar-refractivity contribution in [3.05, 3.63) is 71.5 Å². The second kappa shape index (κ2) is 9.45. The van der Waals surface area contributed by atoms with Gasteiger partial charge in [0.05, 0.1) is 18.3 Å². The predicted molar refractivity (Wildman–Crippen MR) is 97.3 cm³/mol. The Morgan fingerprint density at radius 3 is 2.42 bits per heavy atom. The molecule has 0 radical (unpaired) electrons. The van der Waals surface area contributed by atoms with Crippen LogP contribution < -0.4 is 4.72 Å². The minimum absolute atomic E-state index is 0.0794. The van der Waals surface area contributed by atoms with Gasteiger partial charge in [-0.05, 0) is 25.0 Å². The highest BCUT2D eigenvalue weighted by Gasteiger charge is 2.23. The van der Waals surface area contributed by atoms with Crippen molar-refractivity contribution in [2.24, 2.45) is 5.92 Å². The molecule has 26 heavy (non-hydrogen) atoms. The van der Waals surface area contributed by atoms with Gasteiger partial charge in [-0.2, -0.15) is 0 Å². The molecular formula is C19H22FNO4S. The normalized spacial score (nSPS) is 12.5. The third-order valence-electron chi connectivity index (χ3n) is 3.80. The van der Waals surface area contributed by atoms with Gasteiger partial charge in [-0.1, -0.05) is 48.5 Å². The number of ether oxygens (including phenoxy) is 1. The van der Waals surface area contributed by atoms with E-state index in [1.54, 1.807) is 13.0 Å². The zero-order valence-electron chi connectivity index (χ0n) is 14.5. The monoisotopic (exact) mass is 379 g/mol. The average molecular weight is 379 g/mol. The molecule has 0 saturated carbocycles. The molecule has 5 nitrogen and oxygen atoms in total. The molecule has 2 rings (SSSR count). The molecule has 1 N–H and O–H groups in total. The summed E-state index contributed by atoms with van der Waals surface area (Å²) >= 11 is 0. The minimum Gasteiger partial charge on any atom is -0.466 e. The summed E-state index contributed by atoms with van der Waals surface area (Å²) in [4.78, 5) is 12.2. The van der Waals surface area contributed by atoms with Crippen LogP contribution >= 0.6 is 0 Å². The van der Waals surface area contributed by atoms with Gasteiger partial charge >= 0.3 is 5.97 Å². The minimum atomic E-state index is -3.79. The Balaban J connectivity index is 2.05. The number of nitrogens with one attached hydrogen (secondary N) is 1. The van der Waals surface area contributed by atoms with Crippen LogP contribution in [-0.4, -0.2) is 27.5 Å². The second-order valence-electron chi connectivity index (χ2n) is 5.84. The summed E-state index contributed by atoms with van der Waals surface area (Å²) in [6.07, 6.45) is 0.349. The van der Waals surface area contributed by atoms with E-state index in [2.05, 4.69) is 4.72 Å². The molecule has 0 saturated heterocycles. The largest absolute Gasteiger partial charge is 0.466 e. The standard InChI is InChI=1S/C19H22FNO4S/c1-2-25-19(22)17(12-15-8-4-3-5-9-15)13-21-26(23,24)14-16-10-6-7-11-18(16)20/h3-11,17,21H,2,12-14H2,1H3. The number of benzene rings is 2. The van der Waals surface area contributed by atoms with Gasteiger partial charge in [0.15, 0.2) is 0 Å². The van der Waals surface area contributed by atoms with Crippen molar-refractivity contribution in [3.63, 3.8) is 0 Å². The van der Waals surface area contributed by atoms with Crippen LogP contribution in [0.25, 0.3) is 0 Å². The quantitative estimate of drug-likeness (QED) is 0.680. The smallest absolute Gasteiger partial charge is 0.310 e. The Morgan fingerprint density at radius 2 is 1.77 bits per heavy atom. The molecule has 0 aliphatic carbocycles. The van der Waals surface area contributed by atoms with Crippen molar-refractivity contribution in [3.8, 4) is 0 Å². The van der Waals surface area contributed by atoms with Crippen LogP contribution in [0.15, 0.2) is 54.6 Å². The molecule has 0 aliphatic heterocycles. The first-order valence-electron chi connectivity index (χ1n) is 8.32. The van der Waals surface area contributed by atoms with Gasteiger partial charge in [-0.3, -0.25) is 4.79 Å². The lowest BCUT2D eigenvalue weighted by molar-refractivity contribution is -0.147. The van der Waals surface area contributed by atoms with Crippen LogP contribution in [0.2, 0.25) is 0 Å². The number of esters is 1. The lowest BCUT2D eigenvalue weighted by atomic mass is 10.00. The molecule has 0 heterocycles. The SMILES string of the molecule is CCOC(=O)C(CNS(=O)(=O)Cc1ccccc1F)Cc1ccccc1. The summed E-state index contributed by atoms with van der Waals surface area (Å²) in [6.45, 7) is 1.80. The van der Waals surface area contributed by atoms with E-state index >= 15 is 0 Å². The van der Waals surface area contributed by atoms with Crippen LogP contribution in [-0.2, 0) is 31.7 Å². The van der Waals surface area contributed by atoms with E-state index in [0.717, 1.165) is 5.56 Å². The predicted octanol–water partition coefficient (Wildman–Crippen LogP) is 2.67. The number of sulfonamides is 1. The average Bonchev–Trinajstić information content (AvgIpc) is 2.61. The lowest BCUT2D eigenvalue weighted by Gasteiger charge is -2.16. The highest BCUT2D eigenvalue weighted by Crippen LogP contribution is 2.13. The second-order valence-corrected chi connectivity index (χ2v) is 7.64. The van der Waals surface area contributed by atoms with Crippen LogP contribution in [0.1, 0.15) is 18.1 Å². The van der Waals surface area contributed by atoms with Gasteiger partial charge < -0.3 is 4.74 Å². The third-order valence-corrected chi connectivity index (χ3v) is 5.10. The molecule has 0 amide bonds. The maximum Gasteiger partial charge on any atom is 0.310 e. The van der Waals surface area contributed by atoms with Crippen molar-refractivity contribution in [1.29, 1.82) is 0 Å². The van der Waals surface area contributed by atoms with Gasteiger partial charge in [-0.15, -0.1) is 0 Å². The summed E-state index contributed by atoms with van der Waals surface area (Å²) in [6, 6.07) is 15.0. The van der Waals surface area contributed by atoms with Gasteiger partial charge in [0, 0.05) is 12.1 Å². The van der Waals surface area contributed by atoms with E-state index in [1.165, 1.54) is 18.2 Å². The van der Waals surface area contributed by atoms with E-state index in [4.69, 9.17) is 4.74 Å². The van der Waals surface area contributed by atoms with Crippen LogP contribution in [0.4, 0.5) is 4.39 Å². The molecule has 0 bridgehead atoms. The summed E-state index contributed by atoms with van der Waals surface area (Å²) in [5, 5.41) is 0. The lowest BCUT2D eigenvalue weighted by Crippen LogP contribution is -2.35. The molecule has 0 spiro atoms. The first kappa shape index (κ1) is 20.1. The van der Waals surface area contributed by atoms with E-state index < -0.39 is 33.5 Å². The van der Waals surface area contributed by atoms with Crippen LogP contribution in [0.3, 0.4) is 0 Å². The first-order chi connectivity index (χ1) is 12.4. The molecule has 2 aromatic carbocycles. The Hall–Kier alpha value is -2.25. The molecule has 1 unspecified atom stereocenters. The molecule has 2 aromatic rings. The summed E-state index contributed by atoms with van der Waals surface area (Å²) in [5.41, 5.74) is 0.981. The topological polar surface area (TPSA) is 72.5 Å². The van der Waals surface area contributed by atoms with E-state index in [9.17, 15) is 17.6 Å². The van der Waals surface area contributed by atoms with Gasteiger partial charge in [-0.25, -0.2) is 17.5 Å². The Morgan fingerprint density at radius 1 is 1.12 bits per heavy atom. The van der Waals surface area contributed by atoms with Crippen LogP contribution in [0, 0.1) is 11.7 Å². The fraction of sp³-hybridized carbons (Fsp3) is 0.316. The number of carbonyl (C=O) groups is 1. The molecule has 140 valence electrons. The van der Waals surface area contributed by atoms with Crippen molar-refractivity contribution < 1.29 is 22.3 Å². The highest BCUT2D eigenvalue weighted by molar-refractivity contribution is 7.88. The first-order valence-corrected chi connectivity index (χ1v) is 9.98. The highest BCUT2D eigenvalue weighted by atomic mass is 32.2. The number of rotatable bonds is 9. The third kappa shape index (κ3) is 6.24. The van der Waals surface area contributed by atoms with E-state index in [1.807, 2.05) is 30.3 Å². The van der Waals surface area contributed by atoms with Crippen molar-refractivity contribution >= 4 is 16.0 Å². The number of hydrogen-bond acceptors (Lipinski definition) is 4. The molecule has 7 heteroatoms. The van der Waals surface area contributed by atoms with Gasteiger partial charge in [0.2, 0.25) is 10.0 Å². The maximum atomic E-state index is 13.7. The van der Waals surface area contributed by atoms with Crippen molar-refractivity contribution in [1.82, 2.24) is 4.72 Å². The fourth-order valence-electron chi connectivity index (χ4n) is 2.50. The number of halogens is 1. The summed E-state index contributed by atoms with van der Waals surface area (Å²) < 4.78 is 45.6. The molecule has 0 aromatic heterocycles. The van der Waals surface area contributed by atoms with Crippen LogP contribution in [0.5, 0.6) is 0 Å². The molecule has 1 atom stereocenters. The maximum absolute atomic E-state index is 13.7. The molecule has 0 fully saturated rings. The molecular weight excluding hydrogens is 357 g/mol. The molecule has 0 aliphatic rings. The zero-order valence-corrected chi connectivity index (χ0v) is 15.3. The number of hydrogen-bond donors (Lipinski definition) is 1. The Kier molecular flexibility index (Phi) is 7.29.